The summed E-state index contributed by atoms with van der Waals surface area (Å²) in [5.41, 5.74) is 2.65. The second-order valence-electron chi connectivity index (χ2n) is 5.68. The van der Waals surface area contributed by atoms with Gasteiger partial charge in [0, 0.05) is 12.6 Å². The minimum absolute atomic E-state index is 0.151. The number of aliphatic hydroxyl groups is 1. The highest BCUT2D eigenvalue weighted by Crippen LogP contribution is 2.23. The lowest BCUT2D eigenvalue weighted by atomic mass is 10.0. The molecule has 1 aromatic rings. The van der Waals surface area contributed by atoms with E-state index in [-0.39, 0.29) is 6.10 Å². The van der Waals surface area contributed by atoms with Crippen molar-refractivity contribution in [1.82, 2.24) is 4.90 Å². The first kappa shape index (κ1) is 13.6. The van der Waals surface area contributed by atoms with Crippen molar-refractivity contribution in [1.29, 1.82) is 0 Å². The van der Waals surface area contributed by atoms with Crippen molar-refractivity contribution in [2.24, 2.45) is 0 Å². The van der Waals surface area contributed by atoms with Crippen LogP contribution in [0.25, 0.3) is 0 Å². The molecule has 100 valence electrons. The third kappa shape index (κ3) is 3.56. The van der Waals surface area contributed by atoms with E-state index >= 15 is 0 Å². The number of hydrogen-bond donors (Lipinski definition) is 1. The van der Waals surface area contributed by atoms with Gasteiger partial charge in [0.05, 0.1) is 6.10 Å². The molecule has 1 N–H and O–H groups in total. The maximum Gasteiger partial charge on any atom is 0.0695 e. The lowest BCUT2D eigenvalue weighted by Gasteiger charge is -2.30. The molecule has 0 spiro atoms. The van der Waals surface area contributed by atoms with Crippen molar-refractivity contribution in [3.63, 3.8) is 0 Å². The summed E-state index contributed by atoms with van der Waals surface area (Å²) in [6.07, 6.45) is 5.64. The zero-order valence-electron chi connectivity index (χ0n) is 11.6. The maximum atomic E-state index is 10.2. The number of aliphatic hydroxyl groups excluding tert-OH is 1. The Morgan fingerprint density at radius 3 is 2.78 bits per heavy atom. The van der Waals surface area contributed by atoms with Crippen LogP contribution in [0.15, 0.2) is 24.3 Å². The Hall–Kier alpha value is -0.860. The van der Waals surface area contributed by atoms with Crippen LogP contribution in [0.4, 0.5) is 0 Å². The van der Waals surface area contributed by atoms with Gasteiger partial charge >= 0.3 is 0 Å². The quantitative estimate of drug-likeness (QED) is 0.830. The molecule has 0 aliphatic heterocycles. The molecule has 18 heavy (non-hydrogen) atoms. The van der Waals surface area contributed by atoms with Crippen LogP contribution in [0, 0.1) is 6.92 Å². The van der Waals surface area contributed by atoms with Crippen molar-refractivity contribution < 1.29 is 5.11 Å². The second-order valence-corrected chi connectivity index (χ2v) is 5.68. The van der Waals surface area contributed by atoms with Gasteiger partial charge in [-0.1, -0.05) is 49.1 Å². The molecule has 0 heterocycles. The largest absolute Gasteiger partial charge is 0.391 e. The van der Waals surface area contributed by atoms with E-state index in [0.717, 1.165) is 19.4 Å². The lowest BCUT2D eigenvalue weighted by molar-refractivity contribution is 0.0544. The molecule has 2 rings (SSSR count). The van der Waals surface area contributed by atoms with Crippen molar-refractivity contribution in [3.05, 3.63) is 35.4 Å². The first-order valence-electron chi connectivity index (χ1n) is 7.10. The van der Waals surface area contributed by atoms with E-state index in [9.17, 15) is 5.11 Å². The van der Waals surface area contributed by atoms with Crippen LogP contribution in [0.5, 0.6) is 0 Å². The smallest absolute Gasteiger partial charge is 0.0695 e. The molecule has 1 saturated carbocycles. The van der Waals surface area contributed by atoms with E-state index in [2.05, 4.69) is 43.1 Å². The molecule has 0 saturated heterocycles. The van der Waals surface area contributed by atoms with Gasteiger partial charge in [-0.15, -0.1) is 0 Å². The third-order valence-electron chi connectivity index (χ3n) is 4.02. The Kier molecular flexibility index (Phi) is 4.79. The Balaban J connectivity index is 1.99. The van der Waals surface area contributed by atoms with E-state index < -0.39 is 0 Å². The zero-order valence-corrected chi connectivity index (χ0v) is 11.6. The lowest BCUT2D eigenvalue weighted by Crippen LogP contribution is -2.40. The first-order valence-corrected chi connectivity index (χ1v) is 7.10. The number of likely N-dealkylation sites (N-methyl/N-ethyl adjacent to an activating group) is 1. The van der Waals surface area contributed by atoms with Crippen molar-refractivity contribution >= 4 is 0 Å². The predicted octanol–water partition coefficient (Wildman–Crippen LogP) is 3.12. The van der Waals surface area contributed by atoms with Crippen molar-refractivity contribution in [3.8, 4) is 0 Å². The maximum absolute atomic E-state index is 10.2. The van der Waals surface area contributed by atoms with E-state index in [4.69, 9.17) is 0 Å². The third-order valence-corrected chi connectivity index (χ3v) is 4.02. The average Bonchev–Trinajstić information content (AvgIpc) is 2.54. The molecule has 2 heteroatoms. The molecule has 0 radical (unpaired) electrons. The molecule has 1 fully saturated rings. The van der Waals surface area contributed by atoms with Crippen molar-refractivity contribution in [2.75, 3.05) is 7.05 Å². The number of nitrogens with zero attached hydrogens (tertiary/aromatic N) is 1. The van der Waals surface area contributed by atoms with Crippen molar-refractivity contribution in [2.45, 2.75) is 57.7 Å². The molecular formula is C16H25NO. The monoisotopic (exact) mass is 247 g/mol. The molecule has 1 aliphatic carbocycles. The number of hydrogen-bond acceptors (Lipinski definition) is 2. The fourth-order valence-electron chi connectivity index (χ4n) is 3.00. The van der Waals surface area contributed by atoms with Gasteiger partial charge in [0.2, 0.25) is 0 Å². The van der Waals surface area contributed by atoms with E-state index in [0.29, 0.717) is 6.04 Å². The molecular weight excluding hydrogens is 222 g/mol. The SMILES string of the molecule is Cc1cccc(CN(C)C2CCCCCC2O)c1. The highest BCUT2D eigenvalue weighted by Gasteiger charge is 2.25. The van der Waals surface area contributed by atoms with Gasteiger partial charge in [-0.05, 0) is 32.4 Å². The Morgan fingerprint density at radius 2 is 2.00 bits per heavy atom. The molecule has 2 atom stereocenters. The van der Waals surface area contributed by atoms with E-state index in [1.807, 2.05) is 0 Å². The van der Waals surface area contributed by atoms with Gasteiger partial charge in [0.25, 0.3) is 0 Å². The summed E-state index contributed by atoms with van der Waals surface area (Å²) >= 11 is 0. The van der Waals surface area contributed by atoms with Crippen LogP contribution < -0.4 is 0 Å². The summed E-state index contributed by atoms with van der Waals surface area (Å²) in [6.45, 7) is 3.06. The van der Waals surface area contributed by atoms with Crippen LogP contribution in [-0.2, 0) is 6.54 Å². The highest BCUT2D eigenvalue weighted by molar-refractivity contribution is 5.22. The van der Waals surface area contributed by atoms with Gasteiger partial charge in [-0.3, -0.25) is 4.90 Å². The molecule has 2 nitrogen and oxygen atoms in total. The van der Waals surface area contributed by atoms with Gasteiger partial charge in [-0.2, -0.15) is 0 Å². The van der Waals surface area contributed by atoms with Gasteiger partial charge in [-0.25, -0.2) is 0 Å². The minimum Gasteiger partial charge on any atom is -0.391 e. The average molecular weight is 247 g/mol. The first-order chi connectivity index (χ1) is 8.66. The molecule has 0 amide bonds. The minimum atomic E-state index is -0.151. The Bertz CT molecular complexity index is 377. The standard InChI is InChI=1S/C16H25NO/c1-13-7-6-8-14(11-13)12-17(2)15-9-4-3-5-10-16(15)18/h6-8,11,15-16,18H,3-5,9-10,12H2,1-2H3. The molecule has 2 unspecified atom stereocenters. The van der Waals surface area contributed by atoms with E-state index in [1.54, 1.807) is 0 Å². The Labute approximate surface area is 111 Å². The van der Waals surface area contributed by atoms with Crippen LogP contribution >= 0.6 is 0 Å². The number of aryl methyl sites for hydroxylation is 1. The summed E-state index contributed by atoms with van der Waals surface area (Å²) in [4.78, 5) is 2.32. The predicted molar refractivity (Wildman–Crippen MR) is 75.5 cm³/mol. The van der Waals surface area contributed by atoms with Crippen LogP contribution in [-0.4, -0.2) is 29.2 Å². The topological polar surface area (TPSA) is 23.5 Å². The molecule has 1 aliphatic rings. The molecule has 0 bridgehead atoms. The fourth-order valence-corrected chi connectivity index (χ4v) is 3.00. The zero-order chi connectivity index (χ0) is 13.0. The van der Waals surface area contributed by atoms with Gasteiger partial charge < -0.3 is 5.11 Å². The van der Waals surface area contributed by atoms with Crippen LogP contribution in [0.3, 0.4) is 0 Å². The Morgan fingerprint density at radius 1 is 1.22 bits per heavy atom. The summed E-state index contributed by atoms with van der Waals surface area (Å²) in [5.74, 6) is 0. The summed E-state index contributed by atoms with van der Waals surface area (Å²) in [7, 11) is 2.14. The summed E-state index contributed by atoms with van der Waals surface area (Å²) in [6, 6.07) is 8.98. The van der Waals surface area contributed by atoms with Crippen LogP contribution in [0.2, 0.25) is 0 Å². The van der Waals surface area contributed by atoms with Gasteiger partial charge in [0.15, 0.2) is 0 Å². The van der Waals surface area contributed by atoms with E-state index in [1.165, 1.54) is 30.4 Å². The normalized spacial score (nSPS) is 25.1. The van der Waals surface area contributed by atoms with Crippen LogP contribution in [0.1, 0.15) is 43.2 Å². The fraction of sp³-hybridized carbons (Fsp3) is 0.625. The molecule has 1 aromatic carbocycles. The highest BCUT2D eigenvalue weighted by atomic mass is 16.3. The number of rotatable bonds is 3. The summed E-state index contributed by atoms with van der Waals surface area (Å²) in [5, 5.41) is 10.2. The number of benzene rings is 1. The summed E-state index contributed by atoms with van der Waals surface area (Å²) < 4.78 is 0. The second kappa shape index (κ2) is 6.35. The molecule has 0 aromatic heterocycles. The van der Waals surface area contributed by atoms with Gasteiger partial charge in [0.1, 0.15) is 0 Å².